The SMILES string of the molecule is CCOC(=O)/C=C/NCc1nccs1. The van der Waals surface area contributed by atoms with E-state index in [0.717, 1.165) is 5.01 Å². The lowest BCUT2D eigenvalue weighted by Gasteiger charge is -1.96. The Hall–Kier alpha value is -1.36. The van der Waals surface area contributed by atoms with Crippen molar-refractivity contribution in [1.82, 2.24) is 10.3 Å². The number of hydrogen-bond acceptors (Lipinski definition) is 5. The smallest absolute Gasteiger partial charge is 0.332 e. The maximum absolute atomic E-state index is 10.8. The molecule has 0 saturated heterocycles. The topological polar surface area (TPSA) is 51.2 Å². The zero-order valence-corrected chi connectivity index (χ0v) is 8.71. The molecule has 0 amide bonds. The Balaban J connectivity index is 2.18. The lowest BCUT2D eigenvalue weighted by molar-refractivity contribution is -0.137. The molecule has 4 nitrogen and oxygen atoms in total. The van der Waals surface area contributed by atoms with Gasteiger partial charge in [0.2, 0.25) is 0 Å². The third-order valence-electron chi connectivity index (χ3n) is 1.36. The summed E-state index contributed by atoms with van der Waals surface area (Å²) in [5.74, 6) is -0.334. The molecule has 0 aliphatic heterocycles. The monoisotopic (exact) mass is 212 g/mol. The fourth-order valence-electron chi connectivity index (χ4n) is 0.804. The van der Waals surface area contributed by atoms with Crippen LogP contribution >= 0.6 is 11.3 Å². The highest BCUT2D eigenvalue weighted by Crippen LogP contribution is 2.02. The summed E-state index contributed by atoms with van der Waals surface area (Å²) in [5, 5.41) is 5.84. The van der Waals surface area contributed by atoms with E-state index in [1.54, 1.807) is 30.7 Å². The summed E-state index contributed by atoms with van der Waals surface area (Å²) in [4.78, 5) is 14.9. The van der Waals surface area contributed by atoms with Gasteiger partial charge >= 0.3 is 5.97 Å². The summed E-state index contributed by atoms with van der Waals surface area (Å²) in [6.07, 6.45) is 4.67. The van der Waals surface area contributed by atoms with Crippen molar-refractivity contribution in [2.75, 3.05) is 6.61 Å². The molecule has 1 heterocycles. The van der Waals surface area contributed by atoms with Gasteiger partial charge in [0.25, 0.3) is 0 Å². The van der Waals surface area contributed by atoms with Gasteiger partial charge in [0.05, 0.1) is 13.2 Å². The fourth-order valence-corrected chi connectivity index (χ4v) is 1.37. The van der Waals surface area contributed by atoms with Crippen molar-refractivity contribution >= 4 is 17.3 Å². The second-order valence-electron chi connectivity index (χ2n) is 2.39. The first-order chi connectivity index (χ1) is 6.83. The van der Waals surface area contributed by atoms with E-state index in [1.165, 1.54) is 6.08 Å². The van der Waals surface area contributed by atoms with Crippen molar-refractivity contribution in [3.8, 4) is 0 Å². The summed E-state index contributed by atoms with van der Waals surface area (Å²) in [7, 11) is 0. The highest BCUT2D eigenvalue weighted by Gasteiger charge is 1.93. The van der Waals surface area contributed by atoms with Crippen molar-refractivity contribution in [3.05, 3.63) is 28.9 Å². The fraction of sp³-hybridized carbons (Fsp3) is 0.333. The quantitative estimate of drug-likeness (QED) is 0.590. The predicted molar refractivity (Wildman–Crippen MR) is 54.7 cm³/mol. The summed E-state index contributed by atoms with van der Waals surface area (Å²) in [5.41, 5.74) is 0. The molecule has 0 aliphatic rings. The zero-order chi connectivity index (χ0) is 10.2. The molecule has 1 N–H and O–H groups in total. The van der Waals surface area contributed by atoms with Crippen molar-refractivity contribution < 1.29 is 9.53 Å². The largest absolute Gasteiger partial charge is 0.463 e. The number of nitrogens with one attached hydrogen (secondary N) is 1. The molecule has 0 aliphatic carbocycles. The molecule has 0 fully saturated rings. The van der Waals surface area contributed by atoms with E-state index >= 15 is 0 Å². The lowest BCUT2D eigenvalue weighted by atomic mass is 10.6. The molecular weight excluding hydrogens is 200 g/mol. The van der Waals surface area contributed by atoms with Gasteiger partial charge in [-0.05, 0) is 6.92 Å². The summed E-state index contributed by atoms with van der Waals surface area (Å²) in [6, 6.07) is 0. The lowest BCUT2D eigenvalue weighted by Crippen LogP contribution is -2.06. The number of ether oxygens (including phenoxy) is 1. The van der Waals surface area contributed by atoms with Crippen LogP contribution in [0, 0.1) is 0 Å². The van der Waals surface area contributed by atoms with E-state index in [0.29, 0.717) is 13.2 Å². The molecule has 1 rings (SSSR count). The summed E-state index contributed by atoms with van der Waals surface area (Å²) >= 11 is 1.57. The standard InChI is InChI=1S/C9H12N2O2S/c1-2-13-9(12)3-4-10-7-8-11-5-6-14-8/h3-6,10H,2,7H2,1H3/b4-3+. The molecule has 0 saturated carbocycles. The van der Waals surface area contributed by atoms with Crippen LogP contribution in [0.4, 0.5) is 0 Å². The van der Waals surface area contributed by atoms with Gasteiger partial charge < -0.3 is 10.1 Å². The molecule has 76 valence electrons. The van der Waals surface area contributed by atoms with E-state index in [2.05, 4.69) is 10.3 Å². The zero-order valence-electron chi connectivity index (χ0n) is 7.90. The summed E-state index contributed by atoms with van der Waals surface area (Å²) in [6.45, 7) is 2.80. The maximum atomic E-state index is 10.8. The Labute approximate surface area is 86.6 Å². The van der Waals surface area contributed by atoms with E-state index in [4.69, 9.17) is 4.74 Å². The van der Waals surface area contributed by atoms with E-state index < -0.39 is 0 Å². The van der Waals surface area contributed by atoms with Gasteiger partial charge in [-0.25, -0.2) is 9.78 Å². The molecule has 0 atom stereocenters. The first-order valence-corrected chi connectivity index (χ1v) is 5.16. The van der Waals surface area contributed by atoms with Crippen LogP contribution in [0.15, 0.2) is 23.9 Å². The van der Waals surface area contributed by atoms with Crippen LogP contribution in [0.2, 0.25) is 0 Å². The number of esters is 1. The normalized spacial score (nSPS) is 10.4. The molecule has 0 spiro atoms. The van der Waals surface area contributed by atoms with Crippen molar-refractivity contribution in [2.45, 2.75) is 13.5 Å². The van der Waals surface area contributed by atoms with Crippen LogP contribution < -0.4 is 5.32 Å². The van der Waals surface area contributed by atoms with Gasteiger partial charge in [0, 0.05) is 23.9 Å². The minimum Gasteiger partial charge on any atom is -0.463 e. The van der Waals surface area contributed by atoms with Crippen LogP contribution in [0.5, 0.6) is 0 Å². The third kappa shape index (κ3) is 4.04. The minimum absolute atomic E-state index is 0.334. The van der Waals surface area contributed by atoms with Crippen LogP contribution in [0.25, 0.3) is 0 Å². The van der Waals surface area contributed by atoms with Crippen LogP contribution in [0.3, 0.4) is 0 Å². The van der Waals surface area contributed by atoms with Gasteiger partial charge in [-0.3, -0.25) is 0 Å². The highest BCUT2D eigenvalue weighted by molar-refractivity contribution is 7.09. The van der Waals surface area contributed by atoms with Gasteiger partial charge in [0.15, 0.2) is 0 Å². The molecule has 0 radical (unpaired) electrons. The number of carbonyl (C=O) groups excluding carboxylic acids is 1. The Bertz CT molecular complexity index is 296. The van der Waals surface area contributed by atoms with Crippen molar-refractivity contribution in [3.63, 3.8) is 0 Å². The second kappa shape index (κ2) is 6.15. The molecular formula is C9H12N2O2S. The Kier molecular flexibility index (Phi) is 4.71. The van der Waals surface area contributed by atoms with E-state index in [9.17, 15) is 4.79 Å². The number of aromatic nitrogens is 1. The minimum atomic E-state index is -0.334. The first kappa shape index (κ1) is 10.7. The van der Waals surface area contributed by atoms with Gasteiger partial charge in [-0.15, -0.1) is 11.3 Å². The first-order valence-electron chi connectivity index (χ1n) is 4.28. The number of thiazole rings is 1. The number of carbonyl (C=O) groups is 1. The van der Waals surface area contributed by atoms with E-state index in [1.807, 2.05) is 5.38 Å². The molecule has 14 heavy (non-hydrogen) atoms. The Morgan fingerprint density at radius 1 is 1.79 bits per heavy atom. The molecule has 0 unspecified atom stereocenters. The van der Waals surface area contributed by atoms with Crippen LogP contribution in [0.1, 0.15) is 11.9 Å². The average molecular weight is 212 g/mol. The number of rotatable bonds is 5. The van der Waals surface area contributed by atoms with Crippen LogP contribution in [-0.2, 0) is 16.1 Å². The predicted octanol–water partition coefficient (Wildman–Crippen LogP) is 1.31. The van der Waals surface area contributed by atoms with Crippen molar-refractivity contribution in [1.29, 1.82) is 0 Å². The maximum Gasteiger partial charge on any atom is 0.332 e. The van der Waals surface area contributed by atoms with Gasteiger partial charge in [0.1, 0.15) is 5.01 Å². The molecule has 5 heteroatoms. The Morgan fingerprint density at radius 3 is 3.29 bits per heavy atom. The number of nitrogens with zero attached hydrogens (tertiary/aromatic N) is 1. The summed E-state index contributed by atoms with van der Waals surface area (Å²) < 4.78 is 4.70. The molecule has 0 aromatic carbocycles. The molecule has 1 aromatic rings. The third-order valence-corrected chi connectivity index (χ3v) is 2.14. The van der Waals surface area contributed by atoms with Gasteiger partial charge in [-0.1, -0.05) is 0 Å². The second-order valence-corrected chi connectivity index (χ2v) is 3.37. The average Bonchev–Trinajstić information content (AvgIpc) is 2.65. The van der Waals surface area contributed by atoms with Crippen molar-refractivity contribution in [2.24, 2.45) is 0 Å². The number of hydrogen-bond donors (Lipinski definition) is 1. The highest BCUT2D eigenvalue weighted by atomic mass is 32.1. The molecule has 1 aromatic heterocycles. The van der Waals surface area contributed by atoms with Gasteiger partial charge in [-0.2, -0.15) is 0 Å². The van der Waals surface area contributed by atoms with E-state index in [-0.39, 0.29) is 5.97 Å². The van der Waals surface area contributed by atoms with Crippen LogP contribution in [-0.4, -0.2) is 17.6 Å². The Morgan fingerprint density at radius 2 is 2.64 bits per heavy atom. The molecule has 0 bridgehead atoms.